The molecular weight excluding hydrogens is 277 g/mol. The van der Waals surface area contributed by atoms with Crippen molar-refractivity contribution in [1.82, 2.24) is 0 Å². The second-order valence-electron chi connectivity index (χ2n) is 1.55. The van der Waals surface area contributed by atoms with E-state index in [0.717, 1.165) is 5.04 Å². The van der Waals surface area contributed by atoms with Gasteiger partial charge in [0.15, 0.2) is 0 Å². The maximum Gasteiger partial charge on any atom is 0.248 e. The summed E-state index contributed by atoms with van der Waals surface area (Å²) in [5.41, 5.74) is 0. The van der Waals surface area contributed by atoms with Crippen LogP contribution < -0.4 is 5.41 Å². The van der Waals surface area contributed by atoms with Crippen LogP contribution in [0.4, 0.5) is 0 Å². The zero-order valence-electron chi connectivity index (χ0n) is 5.53. The Balaban J connectivity index is 0.000000810. The van der Waals surface area contributed by atoms with Gasteiger partial charge in [-0.15, -0.1) is 35.3 Å². The van der Waals surface area contributed by atoms with E-state index in [-0.39, 0.29) is 24.0 Å². The van der Waals surface area contributed by atoms with Crippen LogP contribution in [0.25, 0.3) is 0 Å². The third-order valence-electron chi connectivity index (χ3n) is 0.984. The lowest BCUT2D eigenvalue weighted by molar-refractivity contribution is -0.107. The minimum atomic E-state index is 0. The van der Waals surface area contributed by atoms with Crippen molar-refractivity contribution < 1.29 is 5.41 Å². The molecule has 1 aromatic heterocycles. The van der Waals surface area contributed by atoms with Crippen molar-refractivity contribution in [2.24, 2.45) is 0 Å². The molecule has 1 aromatic rings. The molecule has 0 saturated heterocycles. The normalized spacial score (nSPS) is 8.50. The van der Waals surface area contributed by atoms with Crippen molar-refractivity contribution in [3.05, 3.63) is 22.4 Å². The Morgan fingerprint density at radius 3 is 2.80 bits per heavy atom. The lowest BCUT2D eigenvalue weighted by atomic mass is 10.5. The third kappa shape index (κ3) is 2.59. The van der Waals surface area contributed by atoms with Crippen molar-refractivity contribution in [3.63, 3.8) is 0 Å². The summed E-state index contributed by atoms with van der Waals surface area (Å²) >= 11 is 3.26. The first kappa shape index (κ1) is 10.4. The predicted molar refractivity (Wildman–Crippen MR) is 59.3 cm³/mol. The van der Waals surface area contributed by atoms with Gasteiger partial charge in [-0.05, 0) is 17.7 Å². The third-order valence-corrected chi connectivity index (χ3v) is 2.68. The van der Waals surface area contributed by atoms with Crippen molar-refractivity contribution in [3.8, 4) is 0 Å². The molecule has 56 valence electrons. The molecule has 2 N–H and O–H groups in total. The highest BCUT2D eigenvalue weighted by Crippen LogP contribution is 2.12. The maximum atomic E-state index is 5.63. The first-order valence-corrected chi connectivity index (χ1v) is 4.65. The van der Waals surface area contributed by atoms with Crippen LogP contribution in [-0.4, -0.2) is 11.3 Å². The smallest absolute Gasteiger partial charge is 0.248 e. The lowest BCUT2D eigenvalue weighted by Gasteiger charge is -1.83. The molecule has 0 aliphatic carbocycles. The number of halogens is 1. The molecule has 0 unspecified atom stereocenters. The van der Waals surface area contributed by atoms with Gasteiger partial charge >= 0.3 is 0 Å². The van der Waals surface area contributed by atoms with E-state index in [4.69, 9.17) is 5.41 Å². The van der Waals surface area contributed by atoms with Crippen LogP contribution >= 0.6 is 47.1 Å². The fourth-order valence-electron chi connectivity index (χ4n) is 0.519. The lowest BCUT2D eigenvalue weighted by Crippen LogP contribution is -2.37. The van der Waals surface area contributed by atoms with Gasteiger partial charge in [0.2, 0.25) is 5.04 Å². The van der Waals surface area contributed by atoms with Crippen LogP contribution in [0, 0.1) is 0 Å². The quantitative estimate of drug-likeness (QED) is 0.469. The minimum absolute atomic E-state index is 0. The van der Waals surface area contributed by atoms with Gasteiger partial charge in [0.1, 0.15) is 4.88 Å². The Kier molecular flexibility index (Phi) is 5.38. The molecule has 0 fully saturated rings. The molecule has 1 nitrogen and oxygen atoms in total. The molecule has 0 saturated carbocycles. The Labute approximate surface area is 85.8 Å². The standard InChI is InChI=1S/C6H7NS2.HI/c1-8-6(7)5-3-2-4-9-5;/h2-4,7H,1H3;1H/p+1. The molecule has 10 heavy (non-hydrogen) atoms. The van der Waals surface area contributed by atoms with E-state index in [1.807, 2.05) is 23.8 Å². The van der Waals surface area contributed by atoms with Gasteiger partial charge in [-0.25, -0.2) is 5.41 Å². The fourth-order valence-corrected chi connectivity index (χ4v) is 1.76. The van der Waals surface area contributed by atoms with Gasteiger partial charge in [0.25, 0.3) is 0 Å². The minimum Gasteiger partial charge on any atom is -0.248 e. The van der Waals surface area contributed by atoms with Gasteiger partial charge < -0.3 is 0 Å². The summed E-state index contributed by atoms with van der Waals surface area (Å²) in [5.74, 6) is 0. The van der Waals surface area contributed by atoms with Crippen molar-refractivity contribution in [1.29, 1.82) is 0 Å². The molecule has 1 heterocycles. The molecule has 0 bridgehead atoms. The summed E-state index contributed by atoms with van der Waals surface area (Å²) in [6.07, 6.45) is 1.98. The van der Waals surface area contributed by atoms with E-state index in [1.54, 1.807) is 23.1 Å². The second-order valence-corrected chi connectivity index (χ2v) is 3.34. The van der Waals surface area contributed by atoms with Crippen LogP contribution in [0.15, 0.2) is 17.5 Å². The number of hydrogen-bond donors (Lipinski definition) is 1. The molecule has 4 heteroatoms. The molecule has 1 rings (SSSR count). The van der Waals surface area contributed by atoms with E-state index in [1.165, 1.54) is 4.88 Å². The average molecular weight is 286 g/mol. The molecule has 0 aliphatic rings. The number of nitrogens with two attached hydrogens (primary N) is 1. The monoisotopic (exact) mass is 286 g/mol. The van der Waals surface area contributed by atoms with Gasteiger partial charge in [-0.2, -0.15) is 0 Å². The summed E-state index contributed by atoms with van der Waals surface area (Å²) < 4.78 is 0. The predicted octanol–water partition coefficient (Wildman–Crippen LogP) is 1.23. The van der Waals surface area contributed by atoms with E-state index < -0.39 is 0 Å². The number of thiophene rings is 1. The highest BCUT2D eigenvalue weighted by Gasteiger charge is 2.03. The van der Waals surface area contributed by atoms with E-state index >= 15 is 0 Å². The van der Waals surface area contributed by atoms with Crippen LogP contribution in [0.5, 0.6) is 0 Å². The van der Waals surface area contributed by atoms with Crippen molar-refractivity contribution in [2.45, 2.75) is 0 Å². The topological polar surface area (TPSA) is 25.6 Å². The second kappa shape index (κ2) is 5.15. The Morgan fingerprint density at radius 1 is 1.70 bits per heavy atom. The summed E-state index contributed by atoms with van der Waals surface area (Å²) in [7, 11) is 0. The first-order chi connectivity index (χ1) is 4.34. The summed E-state index contributed by atoms with van der Waals surface area (Å²) in [6, 6.07) is 4.03. The summed E-state index contributed by atoms with van der Waals surface area (Å²) in [5, 5.41) is 8.56. The number of thioether (sulfide) groups is 1. The zero-order valence-corrected chi connectivity index (χ0v) is 9.50. The van der Waals surface area contributed by atoms with Crippen LogP contribution in [-0.2, 0) is 0 Å². The molecular formula is C6H9INS2+. The Bertz CT molecular complexity index is 196. The number of hydrogen-bond acceptors (Lipinski definition) is 2. The molecule has 0 aliphatic heterocycles. The molecule has 0 aromatic carbocycles. The number of rotatable bonds is 1. The maximum absolute atomic E-state index is 5.63. The molecule has 0 amide bonds. The molecule has 0 atom stereocenters. The summed E-state index contributed by atoms with van der Waals surface area (Å²) in [4.78, 5) is 1.17. The van der Waals surface area contributed by atoms with Crippen LogP contribution in [0.2, 0.25) is 0 Å². The van der Waals surface area contributed by atoms with E-state index in [0.29, 0.717) is 0 Å². The van der Waals surface area contributed by atoms with Gasteiger partial charge in [-0.1, -0.05) is 17.8 Å². The highest BCUT2D eigenvalue weighted by molar-refractivity contribution is 14.0. The summed E-state index contributed by atoms with van der Waals surface area (Å²) in [6.45, 7) is 0. The van der Waals surface area contributed by atoms with Crippen LogP contribution in [0.1, 0.15) is 4.88 Å². The van der Waals surface area contributed by atoms with Gasteiger partial charge in [0, 0.05) is 0 Å². The Morgan fingerprint density at radius 2 is 2.40 bits per heavy atom. The van der Waals surface area contributed by atoms with Crippen molar-refractivity contribution in [2.75, 3.05) is 6.26 Å². The first-order valence-electron chi connectivity index (χ1n) is 2.55. The average Bonchev–Trinajstić information content (AvgIpc) is 2.37. The van der Waals surface area contributed by atoms with E-state index in [2.05, 4.69) is 0 Å². The molecule has 0 spiro atoms. The zero-order chi connectivity index (χ0) is 6.69. The van der Waals surface area contributed by atoms with Gasteiger partial charge in [0.05, 0.1) is 0 Å². The Hall–Kier alpha value is 0.450. The van der Waals surface area contributed by atoms with Crippen LogP contribution in [0.3, 0.4) is 0 Å². The largest absolute Gasteiger partial charge is 0.248 e. The SMILES string of the molecule is CSC(=[NH2+])c1cccs1.I. The van der Waals surface area contributed by atoms with Gasteiger partial charge in [-0.3, -0.25) is 0 Å². The highest BCUT2D eigenvalue weighted by atomic mass is 127. The molecule has 0 radical (unpaired) electrons. The van der Waals surface area contributed by atoms with E-state index in [9.17, 15) is 0 Å². The fraction of sp³-hybridized carbons (Fsp3) is 0.167. The van der Waals surface area contributed by atoms with Crippen molar-refractivity contribution >= 4 is 52.1 Å².